The Balaban J connectivity index is 2.32. The van der Waals surface area contributed by atoms with E-state index in [4.69, 9.17) is 14.9 Å². The minimum atomic E-state index is -1.87. The molecule has 0 aliphatic carbocycles. The molecule has 6 heteroatoms. The van der Waals surface area contributed by atoms with Gasteiger partial charge in [0.15, 0.2) is 5.41 Å². The van der Waals surface area contributed by atoms with E-state index < -0.39 is 28.6 Å². The van der Waals surface area contributed by atoms with Gasteiger partial charge in [0.05, 0.1) is 24.1 Å². The molecule has 0 radical (unpaired) electrons. The van der Waals surface area contributed by atoms with Crippen molar-refractivity contribution in [3.8, 4) is 18.2 Å². The summed E-state index contributed by atoms with van der Waals surface area (Å²) in [5, 5.41) is 38.5. The van der Waals surface area contributed by atoms with Gasteiger partial charge in [-0.25, -0.2) is 0 Å². The zero-order valence-corrected chi connectivity index (χ0v) is 14.1. The molecule has 2 heterocycles. The van der Waals surface area contributed by atoms with Gasteiger partial charge in [0.1, 0.15) is 6.10 Å². The lowest BCUT2D eigenvalue weighted by Gasteiger charge is -2.48. The van der Waals surface area contributed by atoms with E-state index in [9.17, 15) is 15.8 Å². The number of nitriles is 3. The molecule has 6 nitrogen and oxygen atoms in total. The fourth-order valence-electron chi connectivity index (χ4n) is 4.24. The van der Waals surface area contributed by atoms with Crippen molar-refractivity contribution >= 4 is 5.90 Å². The third kappa shape index (κ3) is 1.88. The Morgan fingerprint density at radius 3 is 2.28 bits per heavy atom. The maximum absolute atomic E-state index is 10.1. The van der Waals surface area contributed by atoms with Crippen molar-refractivity contribution in [1.29, 1.82) is 21.2 Å². The monoisotopic (exact) mass is 334 g/mol. The fraction of sp³-hybridized carbons (Fsp3) is 0.474. The van der Waals surface area contributed by atoms with Crippen molar-refractivity contribution in [3.63, 3.8) is 0 Å². The molecule has 126 valence electrons. The number of ether oxygens (including phenoxy) is 2. The van der Waals surface area contributed by atoms with E-state index in [-0.39, 0.29) is 5.90 Å². The normalized spacial score (nSPS) is 35.1. The minimum Gasteiger partial charge on any atom is -0.448 e. The van der Waals surface area contributed by atoms with Gasteiger partial charge in [0.25, 0.3) is 0 Å². The van der Waals surface area contributed by atoms with Crippen molar-refractivity contribution in [2.45, 2.75) is 38.6 Å². The predicted molar refractivity (Wildman–Crippen MR) is 87.6 cm³/mol. The molecule has 1 aromatic rings. The topological polar surface area (TPSA) is 114 Å². The highest BCUT2D eigenvalue weighted by Crippen LogP contribution is 2.67. The first-order chi connectivity index (χ1) is 12.0. The highest BCUT2D eigenvalue weighted by Gasteiger charge is 2.78. The number of fused-ring (bicyclic) bond motifs is 2. The van der Waals surface area contributed by atoms with E-state index in [2.05, 4.69) is 6.07 Å². The zero-order valence-electron chi connectivity index (χ0n) is 14.1. The second kappa shape index (κ2) is 5.59. The fourth-order valence-corrected chi connectivity index (χ4v) is 4.24. The second-order valence-electron chi connectivity index (χ2n) is 6.65. The number of hydrogen-bond acceptors (Lipinski definition) is 6. The molecule has 2 aliphatic rings. The lowest BCUT2D eigenvalue weighted by molar-refractivity contribution is -0.273. The van der Waals surface area contributed by atoms with Gasteiger partial charge in [-0.3, -0.25) is 5.41 Å². The molecule has 25 heavy (non-hydrogen) atoms. The van der Waals surface area contributed by atoms with Gasteiger partial charge in [-0.1, -0.05) is 43.7 Å². The molecule has 2 fully saturated rings. The average Bonchev–Trinajstić information content (AvgIpc) is 2.79. The molecule has 0 amide bonds. The minimum absolute atomic E-state index is 0.350. The molecular weight excluding hydrogens is 316 g/mol. The Bertz CT molecular complexity index is 818. The van der Waals surface area contributed by atoms with E-state index in [1.807, 2.05) is 25.1 Å². The SMILES string of the molecule is CCCC1C2(C)OC(=N)C1(C#N)C(C#N)(C#N)C(c1ccccc1)O2. The van der Waals surface area contributed by atoms with E-state index in [1.165, 1.54) is 0 Å². The highest BCUT2D eigenvalue weighted by atomic mass is 16.7. The number of rotatable bonds is 3. The molecule has 2 saturated heterocycles. The maximum Gasteiger partial charge on any atom is 0.214 e. The van der Waals surface area contributed by atoms with E-state index >= 15 is 0 Å². The van der Waals surface area contributed by atoms with Crippen LogP contribution < -0.4 is 0 Å². The molecule has 1 aromatic carbocycles. The summed E-state index contributed by atoms with van der Waals surface area (Å²) in [5.41, 5.74) is -2.92. The van der Waals surface area contributed by atoms with Crippen LogP contribution in [0.4, 0.5) is 0 Å². The first-order valence-electron chi connectivity index (χ1n) is 8.20. The van der Waals surface area contributed by atoms with Crippen molar-refractivity contribution in [2.24, 2.45) is 16.7 Å². The number of benzene rings is 1. The van der Waals surface area contributed by atoms with Gasteiger partial charge in [0.2, 0.25) is 17.1 Å². The number of nitrogens with one attached hydrogen (secondary N) is 1. The van der Waals surface area contributed by atoms with Crippen LogP contribution in [0.5, 0.6) is 0 Å². The third-order valence-electron chi connectivity index (χ3n) is 5.39. The number of nitrogens with zero attached hydrogens (tertiary/aromatic N) is 3. The summed E-state index contributed by atoms with van der Waals surface area (Å²) in [6.45, 7) is 3.64. The smallest absolute Gasteiger partial charge is 0.214 e. The molecule has 4 unspecified atom stereocenters. The Morgan fingerprint density at radius 1 is 1.12 bits per heavy atom. The molecule has 0 saturated carbocycles. The largest absolute Gasteiger partial charge is 0.448 e. The lowest BCUT2D eigenvalue weighted by atomic mass is 9.53. The lowest BCUT2D eigenvalue weighted by Crippen LogP contribution is -2.58. The van der Waals surface area contributed by atoms with Crippen LogP contribution >= 0.6 is 0 Å². The molecule has 0 aromatic heterocycles. The summed E-state index contributed by atoms with van der Waals surface area (Å²) in [5.74, 6) is -2.14. The number of hydrogen-bond donors (Lipinski definition) is 1. The van der Waals surface area contributed by atoms with Crippen molar-refractivity contribution in [2.75, 3.05) is 0 Å². The van der Waals surface area contributed by atoms with Crippen LogP contribution in [0.1, 0.15) is 38.4 Å². The Kier molecular flexibility index (Phi) is 3.79. The van der Waals surface area contributed by atoms with Gasteiger partial charge in [-0.2, -0.15) is 15.8 Å². The summed E-state index contributed by atoms with van der Waals surface area (Å²) in [6.07, 6.45) is 0.246. The average molecular weight is 334 g/mol. The summed E-state index contributed by atoms with van der Waals surface area (Å²) in [7, 11) is 0. The van der Waals surface area contributed by atoms with Crippen LogP contribution in [0, 0.1) is 56.2 Å². The van der Waals surface area contributed by atoms with Crippen LogP contribution in [0.2, 0.25) is 0 Å². The van der Waals surface area contributed by atoms with Crippen LogP contribution in [0.3, 0.4) is 0 Å². The van der Waals surface area contributed by atoms with E-state index in [1.54, 1.807) is 31.2 Å². The molecule has 1 N–H and O–H groups in total. The van der Waals surface area contributed by atoms with E-state index in [0.717, 1.165) is 0 Å². The summed E-state index contributed by atoms with van der Waals surface area (Å²) < 4.78 is 11.8. The van der Waals surface area contributed by atoms with Crippen LogP contribution in [0.25, 0.3) is 0 Å². The maximum atomic E-state index is 10.1. The van der Waals surface area contributed by atoms with Gasteiger partial charge in [-0.05, 0) is 12.0 Å². The van der Waals surface area contributed by atoms with Gasteiger partial charge >= 0.3 is 0 Å². The second-order valence-corrected chi connectivity index (χ2v) is 6.65. The molecule has 2 bridgehead atoms. The van der Waals surface area contributed by atoms with Crippen molar-refractivity contribution < 1.29 is 9.47 Å². The molecule has 2 aliphatic heterocycles. The highest BCUT2D eigenvalue weighted by molar-refractivity contribution is 5.89. The molecule has 3 rings (SSSR count). The summed E-state index contributed by atoms with van der Waals surface area (Å²) >= 11 is 0. The first kappa shape index (κ1) is 17.0. The zero-order chi connectivity index (χ0) is 18.3. The Labute approximate surface area is 146 Å². The quantitative estimate of drug-likeness (QED) is 0.909. The Hall–Kier alpha value is -2.88. The molecule has 0 spiro atoms. The summed E-state index contributed by atoms with van der Waals surface area (Å²) in [4.78, 5) is 0. The molecular formula is C19H18N4O2. The van der Waals surface area contributed by atoms with Crippen molar-refractivity contribution in [3.05, 3.63) is 35.9 Å². The standard InChI is InChI=1S/C19H18N4O2/c1-3-7-14-17(2)24-15(13-8-5-4-6-9-13)18(10-20,11-21)19(14,12-22)16(23)25-17/h4-6,8-9,14-15,23H,3,7H2,1-2H3. The van der Waals surface area contributed by atoms with Crippen molar-refractivity contribution in [1.82, 2.24) is 0 Å². The van der Waals surface area contributed by atoms with E-state index in [0.29, 0.717) is 18.4 Å². The van der Waals surface area contributed by atoms with Gasteiger partial charge in [-0.15, -0.1) is 0 Å². The Morgan fingerprint density at radius 2 is 1.76 bits per heavy atom. The summed E-state index contributed by atoms with van der Waals surface area (Å²) in [6, 6.07) is 15.1. The van der Waals surface area contributed by atoms with Gasteiger partial charge in [0, 0.05) is 6.92 Å². The van der Waals surface area contributed by atoms with Gasteiger partial charge < -0.3 is 9.47 Å². The van der Waals surface area contributed by atoms with Crippen LogP contribution in [-0.2, 0) is 9.47 Å². The van der Waals surface area contributed by atoms with Crippen LogP contribution in [-0.4, -0.2) is 11.7 Å². The third-order valence-corrected chi connectivity index (χ3v) is 5.39. The van der Waals surface area contributed by atoms with Crippen LogP contribution in [0.15, 0.2) is 30.3 Å². The molecule has 4 atom stereocenters. The first-order valence-corrected chi connectivity index (χ1v) is 8.20. The predicted octanol–water partition coefficient (Wildman–Crippen LogP) is 3.44.